The summed E-state index contributed by atoms with van der Waals surface area (Å²) in [5.41, 5.74) is 10.1. The summed E-state index contributed by atoms with van der Waals surface area (Å²) in [6, 6.07) is 24.3. The van der Waals surface area contributed by atoms with E-state index in [0.717, 1.165) is 16.7 Å². The molecule has 3 N–H and O–H groups in total. The van der Waals surface area contributed by atoms with Crippen LogP contribution in [0.5, 0.6) is 23.0 Å². The normalized spacial score (nSPS) is 14.2. The van der Waals surface area contributed by atoms with Gasteiger partial charge in [-0.15, -0.1) is 0 Å². The molecule has 4 aromatic carbocycles. The van der Waals surface area contributed by atoms with Crippen LogP contribution in [-0.2, 0) is 22.7 Å². The van der Waals surface area contributed by atoms with E-state index in [-0.39, 0.29) is 24.7 Å². The van der Waals surface area contributed by atoms with Crippen molar-refractivity contribution in [1.29, 1.82) is 0 Å². The lowest BCUT2D eigenvalue weighted by atomic mass is 10.0. The second kappa shape index (κ2) is 15.5. The molecule has 0 radical (unpaired) electrons. The summed E-state index contributed by atoms with van der Waals surface area (Å²) < 4.78 is 21.1. The third-order valence-electron chi connectivity index (χ3n) is 8.80. The number of carbonyl (C=O) groups is 4. The van der Waals surface area contributed by atoms with Gasteiger partial charge in [0, 0.05) is 24.2 Å². The summed E-state index contributed by atoms with van der Waals surface area (Å²) in [4.78, 5) is 51.8. The minimum absolute atomic E-state index is 0.0369. The molecule has 0 spiro atoms. The topological polar surface area (TPSA) is 158 Å². The van der Waals surface area contributed by atoms with Crippen LogP contribution < -0.4 is 24.7 Å². The number of nitrogens with zero attached hydrogens (tertiary/aromatic N) is 2. The maximum absolute atomic E-state index is 12.8. The summed E-state index contributed by atoms with van der Waals surface area (Å²) in [7, 11) is 6.15. The number of hydrogen-bond donors (Lipinski definition) is 2. The van der Waals surface area contributed by atoms with E-state index in [1.807, 2.05) is 42.5 Å². The van der Waals surface area contributed by atoms with Crippen LogP contribution in [0.4, 0.5) is 0 Å². The number of methoxy groups -OCH3 is 4. The molecule has 0 aliphatic carbocycles. The molecule has 6 rings (SSSR count). The zero-order valence-corrected chi connectivity index (χ0v) is 28.3. The molecule has 2 heterocycles. The lowest BCUT2D eigenvalue weighted by Gasteiger charge is -2.28. The Morgan fingerprint density at radius 3 is 1.40 bits per heavy atom. The van der Waals surface area contributed by atoms with Crippen molar-refractivity contribution in [2.45, 2.75) is 38.0 Å². The zero-order valence-electron chi connectivity index (χ0n) is 28.3. The summed E-state index contributed by atoms with van der Waals surface area (Å²) in [5, 5.41) is 9.34. The Labute approximate surface area is 289 Å². The lowest BCUT2D eigenvalue weighted by Crippen LogP contribution is -2.32. The summed E-state index contributed by atoms with van der Waals surface area (Å²) >= 11 is 0. The van der Waals surface area contributed by atoms with Gasteiger partial charge < -0.3 is 39.6 Å². The maximum atomic E-state index is 12.8. The summed E-state index contributed by atoms with van der Waals surface area (Å²) in [6.07, 6.45) is -0.148. The molecule has 4 aromatic rings. The molecule has 0 bridgehead atoms. The van der Waals surface area contributed by atoms with Crippen LogP contribution in [0.3, 0.4) is 0 Å². The Hall–Kier alpha value is -6.04. The molecule has 12 heteroatoms. The molecule has 50 heavy (non-hydrogen) atoms. The van der Waals surface area contributed by atoms with Gasteiger partial charge in [0.15, 0.2) is 23.0 Å². The number of carboxylic acid groups (broad SMARTS) is 1. The maximum Gasteiger partial charge on any atom is 0.305 e. The van der Waals surface area contributed by atoms with Gasteiger partial charge in [0.25, 0.3) is 11.8 Å². The SMILES string of the molecule is COc1ccc([C@@H](CC(=O)O)N2Cc3ccccc3C2=O)cc1OC.COc1ccc([C@@H](CC(N)=O)N2Cc3ccccc3C2=O)cc1OC. The first kappa shape index (κ1) is 35.3. The highest BCUT2D eigenvalue weighted by Crippen LogP contribution is 2.39. The number of carbonyl (C=O) groups excluding carboxylic acids is 3. The van der Waals surface area contributed by atoms with Crippen LogP contribution in [0.1, 0.15) is 67.9 Å². The molecule has 0 saturated heterocycles. The van der Waals surface area contributed by atoms with E-state index in [2.05, 4.69) is 0 Å². The Kier molecular flexibility index (Phi) is 10.9. The Bertz CT molecular complexity index is 1770. The predicted octanol–water partition coefficient (Wildman–Crippen LogP) is 5.15. The quantitative estimate of drug-likeness (QED) is 0.206. The number of aliphatic carboxylic acids is 1. The van der Waals surface area contributed by atoms with E-state index in [1.54, 1.807) is 66.5 Å². The number of primary amides is 1. The molecule has 260 valence electrons. The highest BCUT2D eigenvalue weighted by molar-refractivity contribution is 5.99. The van der Waals surface area contributed by atoms with Gasteiger partial charge in [0.05, 0.1) is 53.4 Å². The first-order chi connectivity index (χ1) is 24.1. The van der Waals surface area contributed by atoms with E-state index in [1.165, 1.54) is 14.2 Å². The van der Waals surface area contributed by atoms with Crippen molar-refractivity contribution in [2.75, 3.05) is 28.4 Å². The molecule has 2 aliphatic heterocycles. The zero-order chi connectivity index (χ0) is 35.9. The number of nitrogens with two attached hydrogens (primary N) is 1. The molecule has 0 saturated carbocycles. The first-order valence-corrected chi connectivity index (χ1v) is 15.8. The number of amides is 3. The molecule has 2 atom stereocenters. The van der Waals surface area contributed by atoms with Gasteiger partial charge in [-0.1, -0.05) is 48.5 Å². The first-order valence-electron chi connectivity index (χ1n) is 15.8. The number of fused-ring (bicyclic) bond motifs is 2. The van der Waals surface area contributed by atoms with Crippen molar-refractivity contribution in [3.05, 3.63) is 118 Å². The van der Waals surface area contributed by atoms with Gasteiger partial charge in [-0.3, -0.25) is 19.2 Å². The van der Waals surface area contributed by atoms with E-state index >= 15 is 0 Å². The molecule has 0 unspecified atom stereocenters. The van der Waals surface area contributed by atoms with Crippen LogP contribution in [0, 0.1) is 0 Å². The number of benzene rings is 4. The number of carboxylic acids is 1. The molecule has 2 aliphatic rings. The fraction of sp³-hybridized carbons (Fsp3) is 0.263. The number of hydrogen-bond acceptors (Lipinski definition) is 8. The molecule has 3 amide bonds. The van der Waals surface area contributed by atoms with Crippen molar-refractivity contribution in [1.82, 2.24) is 9.80 Å². The van der Waals surface area contributed by atoms with Gasteiger partial charge in [0.1, 0.15) is 0 Å². The Morgan fingerprint density at radius 2 is 1.04 bits per heavy atom. The Morgan fingerprint density at radius 1 is 0.640 bits per heavy atom. The predicted molar refractivity (Wildman–Crippen MR) is 183 cm³/mol. The number of rotatable bonds is 12. The smallest absolute Gasteiger partial charge is 0.305 e. The number of ether oxygens (including phenoxy) is 4. The molecular formula is C38H39N3O9. The molecular weight excluding hydrogens is 642 g/mol. The molecule has 0 aromatic heterocycles. The minimum Gasteiger partial charge on any atom is -0.493 e. The molecule has 12 nitrogen and oxygen atoms in total. The van der Waals surface area contributed by atoms with Crippen molar-refractivity contribution in [3.63, 3.8) is 0 Å². The van der Waals surface area contributed by atoms with Crippen molar-refractivity contribution < 1.29 is 43.2 Å². The minimum atomic E-state index is -0.969. The van der Waals surface area contributed by atoms with Gasteiger partial charge in [-0.2, -0.15) is 0 Å². The van der Waals surface area contributed by atoms with Crippen LogP contribution >= 0.6 is 0 Å². The van der Waals surface area contributed by atoms with Crippen LogP contribution in [0.25, 0.3) is 0 Å². The van der Waals surface area contributed by atoms with Crippen LogP contribution in [0.15, 0.2) is 84.9 Å². The highest BCUT2D eigenvalue weighted by atomic mass is 16.5. The summed E-state index contributed by atoms with van der Waals surface area (Å²) in [5.74, 6) is 0.481. The Balaban J connectivity index is 0.000000194. The van der Waals surface area contributed by atoms with Gasteiger partial charge in [-0.25, -0.2) is 0 Å². The van der Waals surface area contributed by atoms with Crippen molar-refractivity contribution in [3.8, 4) is 23.0 Å². The van der Waals surface area contributed by atoms with E-state index < -0.39 is 24.0 Å². The van der Waals surface area contributed by atoms with Gasteiger partial charge in [-0.05, 0) is 58.7 Å². The highest BCUT2D eigenvalue weighted by Gasteiger charge is 2.36. The third-order valence-corrected chi connectivity index (χ3v) is 8.80. The monoisotopic (exact) mass is 681 g/mol. The fourth-order valence-electron chi connectivity index (χ4n) is 6.35. The lowest BCUT2D eigenvalue weighted by molar-refractivity contribution is -0.138. The van der Waals surface area contributed by atoms with Gasteiger partial charge >= 0.3 is 5.97 Å². The van der Waals surface area contributed by atoms with Crippen molar-refractivity contribution >= 4 is 23.7 Å². The average Bonchev–Trinajstić information content (AvgIpc) is 3.64. The second-order valence-corrected chi connectivity index (χ2v) is 11.7. The fourth-order valence-corrected chi connectivity index (χ4v) is 6.35. The van der Waals surface area contributed by atoms with E-state index in [0.29, 0.717) is 52.8 Å². The largest absolute Gasteiger partial charge is 0.493 e. The second-order valence-electron chi connectivity index (χ2n) is 11.7. The molecule has 0 fully saturated rings. The van der Waals surface area contributed by atoms with Crippen molar-refractivity contribution in [2.24, 2.45) is 5.73 Å². The summed E-state index contributed by atoms with van der Waals surface area (Å²) in [6.45, 7) is 0.836. The van der Waals surface area contributed by atoms with Crippen LogP contribution in [0.2, 0.25) is 0 Å². The van der Waals surface area contributed by atoms with E-state index in [4.69, 9.17) is 24.7 Å². The van der Waals surface area contributed by atoms with Gasteiger partial charge in [0.2, 0.25) is 5.91 Å². The third kappa shape index (κ3) is 7.34. The average molecular weight is 682 g/mol. The van der Waals surface area contributed by atoms with E-state index in [9.17, 15) is 24.3 Å². The standard InChI is InChI=1S/C19H20N2O4.C19H19NO5/c1-24-16-8-7-12(9-17(16)25-2)15(10-18(20)22)21-11-13-5-3-4-6-14(13)19(21)23;1-24-16-8-7-12(9-17(16)25-2)15(10-18(21)22)20-11-13-5-3-4-6-14(13)19(20)23/h3-9,15H,10-11H2,1-2H3,(H2,20,22);3-9,15H,10-11H2,1-2H3,(H,21,22)/t2*15-/m11/s1. The van der Waals surface area contributed by atoms with Crippen LogP contribution in [-0.4, -0.2) is 67.0 Å².